The summed E-state index contributed by atoms with van der Waals surface area (Å²) in [6.07, 6.45) is 2.23. The van der Waals surface area contributed by atoms with Crippen molar-refractivity contribution >= 4 is 23.3 Å². The second kappa shape index (κ2) is 5.49. The van der Waals surface area contributed by atoms with E-state index in [0.29, 0.717) is 27.6 Å². The van der Waals surface area contributed by atoms with Crippen LogP contribution in [0.25, 0.3) is 16.4 Å². The number of aldehydes is 1. The van der Waals surface area contributed by atoms with Gasteiger partial charge in [-0.15, -0.1) is 11.3 Å². The fourth-order valence-electron chi connectivity index (χ4n) is 2.00. The SMILES string of the molecule is Cc1c(C=O)cnn1-c1nc(-c2cccc([N+](=O)[O-])c2)cs1. The van der Waals surface area contributed by atoms with Crippen molar-refractivity contribution in [2.45, 2.75) is 6.92 Å². The van der Waals surface area contributed by atoms with Crippen LogP contribution < -0.4 is 0 Å². The number of nitrogens with zero attached hydrogens (tertiary/aromatic N) is 4. The van der Waals surface area contributed by atoms with Gasteiger partial charge < -0.3 is 0 Å². The zero-order valence-corrected chi connectivity index (χ0v) is 12.3. The largest absolute Gasteiger partial charge is 0.298 e. The van der Waals surface area contributed by atoms with Crippen molar-refractivity contribution in [2.75, 3.05) is 0 Å². The van der Waals surface area contributed by atoms with Crippen LogP contribution in [0.4, 0.5) is 5.69 Å². The Kier molecular flexibility index (Phi) is 3.51. The summed E-state index contributed by atoms with van der Waals surface area (Å²) in [5.74, 6) is 0. The maximum atomic E-state index is 10.9. The lowest BCUT2D eigenvalue weighted by atomic mass is 10.1. The lowest BCUT2D eigenvalue weighted by Gasteiger charge is -1.99. The fourth-order valence-corrected chi connectivity index (χ4v) is 2.84. The molecule has 0 amide bonds. The third-order valence-electron chi connectivity index (χ3n) is 3.20. The lowest BCUT2D eigenvalue weighted by molar-refractivity contribution is -0.384. The highest BCUT2D eigenvalue weighted by molar-refractivity contribution is 7.12. The predicted molar refractivity (Wildman–Crippen MR) is 81.5 cm³/mol. The topological polar surface area (TPSA) is 90.9 Å². The molecule has 110 valence electrons. The number of carbonyl (C=O) groups is 1. The molecule has 0 N–H and O–H groups in total. The van der Waals surface area contributed by atoms with Crippen molar-refractivity contribution < 1.29 is 9.72 Å². The van der Waals surface area contributed by atoms with Crippen LogP contribution in [0.1, 0.15) is 16.1 Å². The number of hydrogen-bond acceptors (Lipinski definition) is 6. The minimum atomic E-state index is -0.440. The summed E-state index contributed by atoms with van der Waals surface area (Å²) in [7, 11) is 0. The van der Waals surface area contributed by atoms with Crippen molar-refractivity contribution in [2.24, 2.45) is 0 Å². The van der Waals surface area contributed by atoms with Gasteiger partial charge >= 0.3 is 0 Å². The van der Waals surface area contributed by atoms with Crippen LogP contribution in [-0.2, 0) is 0 Å². The summed E-state index contributed by atoms with van der Waals surface area (Å²) in [6.45, 7) is 1.78. The number of rotatable bonds is 4. The highest BCUT2D eigenvalue weighted by atomic mass is 32.1. The lowest BCUT2D eigenvalue weighted by Crippen LogP contribution is -1.98. The van der Waals surface area contributed by atoms with Gasteiger partial charge in [-0.05, 0) is 6.92 Å². The Morgan fingerprint density at radius 3 is 2.91 bits per heavy atom. The van der Waals surface area contributed by atoms with E-state index >= 15 is 0 Å². The average Bonchev–Trinajstić information content (AvgIpc) is 3.13. The monoisotopic (exact) mass is 314 g/mol. The number of non-ortho nitro benzene ring substituents is 1. The van der Waals surface area contributed by atoms with Crippen molar-refractivity contribution in [3.63, 3.8) is 0 Å². The van der Waals surface area contributed by atoms with Gasteiger partial charge in [0, 0.05) is 23.1 Å². The summed E-state index contributed by atoms with van der Waals surface area (Å²) in [5.41, 5.74) is 2.52. The summed E-state index contributed by atoms with van der Waals surface area (Å²) >= 11 is 1.35. The molecule has 1 aromatic carbocycles. The van der Waals surface area contributed by atoms with Crippen molar-refractivity contribution in [1.82, 2.24) is 14.8 Å². The van der Waals surface area contributed by atoms with Gasteiger partial charge in [-0.2, -0.15) is 5.10 Å². The smallest absolute Gasteiger partial charge is 0.270 e. The molecule has 0 bridgehead atoms. The molecule has 0 aliphatic rings. The first-order valence-corrected chi connectivity index (χ1v) is 7.18. The molecule has 0 fully saturated rings. The molecule has 0 aliphatic heterocycles. The minimum absolute atomic E-state index is 0.0190. The van der Waals surface area contributed by atoms with Crippen LogP contribution >= 0.6 is 11.3 Å². The molecule has 2 heterocycles. The number of nitro benzene ring substituents is 1. The van der Waals surface area contributed by atoms with Gasteiger partial charge in [0.15, 0.2) is 6.29 Å². The van der Waals surface area contributed by atoms with Crippen molar-refractivity contribution in [3.8, 4) is 16.4 Å². The second-order valence-electron chi connectivity index (χ2n) is 4.54. The number of thiazole rings is 1. The fraction of sp³-hybridized carbons (Fsp3) is 0.0714. The van der Waals surface area contributed by atoms with Gasteiger partial charge in [-0.3, -0.25) is 14.9 Å². The Balaban J connectivity index is 2.00. The highest BCUT2D eigenvalue weighted by Crippen LogP contribution is 2.27. The third kappa shape index (κ3) is 2.40. The van der Waals surface area contributed by atoms with Gasteiger partial charge in [0.05, 0.1) is 28.1 Å². The molecule has 0 spiro atoms. The summed E-state index contributed by atoms with van der Waals surface area (Å²) in [6, 6.07) is 6.30. The second-order valence-corrected chi connectivity index (χ2v) is 5.37. The normalized spacial score (nSPS) is 10.6. The Morgan fingerprint density at radius 1 is 1.41 bits per heavy atom. The molecule has 7 nitrogen and oxygen atoms in total. The zero-order valence-electron chi connectivity index (χ0n) is 11.5. The first-order valence-electron chi connectivity index (χ1n) is 6.30. The molecule has 2 aromatic heterocycles. The minimum Gasteiger partial charge on any atom is -0.298 e. The van der Waals surface area contributed by atoms with Crippen LogP contribution in [0.2, 0.25) is 0 Å². The quantitative estimate of drug-likeness (QED) is 0.419. The van der Waals surface area contributed by atoms with Crippen LogP contribution in [0.3, 0.4) is 0 Å². The van der Waals surface area contributed by atoms with Crippen LogP contribution in [0.5, 0.6) is 0 Å². The predicted octanol–water partition coefficient (Wildman–Crippen LogP) is 3.02. The molecule has 0 saturated carbocycles. The average molecular weight is 314 g/mol. The standard InChI is InChI=1S/C14H10N4O3S/c1-9-11(7-19)6-15-17(9)14-16-13(8-22-14)10-3-2-4-12(5-10)18(20)21/h2-8H,1H3. The van der Waals surface area contributed by atoms with E-state index in [1.165, 1.54) is 29.7 Å². The zero-order chi connectivity index (χ0) is 15.7. The van der Waals surface area contributed by atoms with Gasteiger partial charge in [0.25, 0.3) is 5.69 Å². The van der Waals surface area contributed by atoms with E-state index in [2.05, 4.69) is 10.1 Å². The number of hydrogen-bond donors (Lipinski definition) is 0. The number of benzene rings is 1. The van der Waals surface area contributed by atoms with E-state index in [0.717, 1.165) is 6.29 Å². The van der Waals surface area contributed by atoms with Gasteiger partial charge in [0.1, 0.15) is 0 Å². The Morgan fingerprint density at radius 2 is 2.23 bits per heavy atom. The first-order chi connectivity index (χ1) is 10.6. The molecular formula is C14H10N4O3S. The van der Waals surface area contributed by atoms with E-state index in [-0.39, 0.29) is 5.69 Å². The summed E-state index contributed by atoms with van der Waals surface area (Å²) in [4.78, 5) is 25.7. The van der Waals surface area contributed by atoms with E-state index < -0.39 is 4.92 Å². The molecule has 22 heavy (non-hydrogen) atoms. The molecule has 0 radical (unpaired) electrons. The maximum absolute atomic E-state index is 10.9. The van der Waals surface area contributed by atoms with E-state index in [1.807, 2.05) is 0 Å². The molecule has 0 aliphatic carbocycles. The maximum Gasteiger partial charge on any atom is 0.270 e. The Hall–Kier alpha value is -2.87. The Bertz CT molecular complexity index is 869. The Labute approximate surface area is 129 Å². The summed E-state index contributed by atoms with van der Waals surface area (Å²) in [5, 5.41) is 17.4. The highest BCUT2D eigenvalue weighted by Gasteiger charge is 2.13. The van der Waals surface area contributed by atoms with Gasteiger partial charge in [-0.1, -0.05) is 12.1 Å². The molecule has 3 rings (SSSR count). The summed E-state index contributed by atoms with van der Waals surface area (Å²) < 4.78 is 1.58. The van der Waals surface area contributed by atoms with Crippen molar-refractivity contribution in [1.29, 1.82) is 0 Å². The number of carbonyl (C=O) groups excluding carboxylic acids is 1. The van der Waals surface area contributed by atoms with E-state index in [1.54, 1.807) is 29.1 Å². The molecule has 3 aromatic rings. The molecule has 8 heteroatoms. The van der Waals surface area contributed by atoms with E-state index in [4.69, 9.17) is 0 Å². The molecule has 0 unspecified atom stereocenters. The van der Waals surface area contributed by atoms with E-state index in [9.17, 15) is 14.9 Å². The molecule has 0 atom stereocenters. The van der Waals surface area contributed by atoms with Gasteiger partial charge in [0.2, 0.25) is 5.13 Å². The third-order valence-corrected chi connectivity index (χ3v) is 4.02. The van der Waals surface area contributed by atoms with Crippen LogP contribution in [-0.4, -0.2) is 26.0 Å². The molecule has 0 saturated heterocycles. The van der Waals surface area contributed by atoms with Crippen LogP contribution in [0, 0.1) is 17.0 Å². The van der Waals surface area contributed by atoms with Crippen molar-refractivity contribution in [3.05, 3.63) is 57.2 Å². The molecular weight excluding hydrogens is 304 g/mol. The first kappa shape index (κ1) is 14.1. The van der Waals surface area contributed by atoms with Gasteiger partial charge in [-0.25, -0.2) is 9.67 Å². The number of aromatic nitrogens is 3. The van der Waals surface area contributed by atoms with Crippen LogP contribution in [0.15, 0.2) is 35.8 Å². The number of nitro groups is 1.